The van der Waals surface area contributed by atoms with Gasteiger partial charge in [-0.2, -0.15) is 0 Å². The molecule has 2 N–H and O–H groups in total. The molecule has 156 valence electrons. The van der Waals surface area contributed by atoms with Crippen molar-refractivity contribution in [3.05, 3.63) is 64.2 Å². The van der Waals surface area contributed by atoms with Crippen molar-refractivity contribution in [2.75, 3.05) is 31.9 Å². The van der Waals surface area contributed by atoms with Crippen LogP contribution in [0.2, 0.25) is 0 Å². The number of hydrogen-bond donors (Lipinski definition) is 1. The molecule has 0 bridgehead atoms. The van der Waals surface area contributed by atoms with Crippen LogP contribution in [0.5, 0.6) is 0 Å². The fraction of sp³-hybridized carbons (Fsp3) is 0.238. The fourth-order valence-electron chi connectivity index (χ4n) is 3.09. The predicted molar refractivity (Wildman–Crippen MR) is 116 cm³/mol. The van der Waals surface area contributed by atoms with Crippen LogP contribution >= 0.6 is 11.8 Å². The van der Waals surface area contributed by atoms with Crippen LogP contribution in [0.15, 0.2) is 58.3 Å². The smallest absolute Gasteiger partial charge is 0.283 e. The first-order chi connectivity index (χ1) is 14.3. The van der Waals surface area contributed by atoms with Gasteiger partial charge in [-0.15, -0.1) is 0 Å². The molecule has 8 nitrogen and oxygen atoms in total. The molecular formula is C21H22N4O4S. The van der Waals surface area contributed by atoms with Gasteiger partial charge in [0.15, 0.2) is 0 Å². The van der Waals surface area contributed by atoms with Crippen molar-refractivity contribution in [2.24, 2.45) is 0 Å². The Morgan fingerprint density at radius 3 is 2.43 bits per heavy atom. The van der Waals surface area contributed by atoms with Crippen molar-refractivity contribution in [1.29, 1.82) is 0 Å². The largest absolute Gasteiger partial charge is 0.399 e. The number of carbonyl (C=O) groups is 2. The average molecular weight is 426 g/mol. The van der Waals surface area contributed by atoms with Crippen LogP contribution in [0.4, 0.5) is 11.4 Å². The molecule has 0 unspecified atom stereocenters. The van der Waals surface area contributed by atoms with Crippen LogP contribution in [-0.4, -0.2) is 52.7 Å². The third-order valence-electron chi connectivity index (χ3n) is 4.72. The van der Waals surface area contributed by atoms with Gasteiger partial charge < -0.3 is 15.5 Å². The summed E-state index contributed by atoms with van der Waals surface area (Å²) in [7, 11) is 0. The number of nitro benzene ring substituents is 1. The van der Waals surface area contributed by atoms with E-state index in [0.29, 0.717) is 42.3 Å². The molecule has 1 fully saturated rings. The Labute approximate surface area is 178 Å². The molecule has 0 atom stereocenters. The Bertz CT molecular complexity index is 1000. The van der Waals surface area contributed by atoms with Crippen LogP contribution in [0, 0.1) is 10.1 Å². The number of nitro groups is 1. The van der Waals surface area contributed by atoms with Gasteiger partial charge in [0.2, 0.25) is 11.8 Å². The molecule has 30 heavy (non-hydrogen) atoms. The van der Waals surface area contributed by atoms with Crippen LogP contribution in [0.25, 0.3) is 6.08 Å². The van der Waals surface area contributed by atoms with Gasteiger partial charge in [0.1, 0.15) is 0 Å². The van der Waals surface area contributed by atoms with E-state index >= 15 is 0 Å². The number of nitrogens with zero attached hydrogens (tertiary/aromatic N) is 3. The topological polar surface area (TPSA) is 110 Å². The molecule has 0 aromatic heterocycles. The Morgan fingerprint density at radius 1 is 1.10 bits per heavy atom. The number of benzene rings is 2. The van der Waals surface area contributed by atoms with Crippen LogP contribution in [0.1, 0.15) is 12.5 Å². The van der Waals surface area contributed by atoms with E-state index in [2.05, 4.69) is 0 Å². The molecule has 1 aliphatic rings. The van der Waals surface area contributed by atoms with Crippen molar-refractivity contribution in [3.8, 4) is 0 Å². The summed E-state index contributed by atoms with van der Waals surface area (Å²) >= 11 is 1.26. The van der Waals surface area contributed by atoms with E-state index in [4.69, 9.17) is 5.73 Å². The standard InChI is InChI=1S/C21H22N4O4S/c1-15(26)23-9-11-24(12-10-23)21(27)8-6-16-5-7-20(19(13-16)25(28)29)30-18-4-2-3-17(22)14-18/h2-8,13-14H,9-12,22H2,1H3. The third-order valence-corrected chi connectivity index (χ3v) is 5.78. The molecule has 2 aromatic rings. The van der Waals surface area contributed by atoms with Crippen molar-refractivity contribution in [2.45, 2.75) is 16.7 Å². The van der Waals surface area contributed by atoms with Crippen molar-refractivity contribution < 1.29 is 14.5 Å². The molecule has 2 aromatic carbocycles. The summed E-state index contributed by atoms with van der Waals surface area (Å²) in [4.78, 5) is 39.5. The van der Waals surface area contributed by atoms with Crippen LogP contribution in [-0.2, 0) is 9.59 Å². The predicted octanol–water partition coefficient (Wildman–Crippen LogP) is 3.03. The van der Waals surface area contributed by atoms with Gasteiger partial charge in [-0.05, 0) is 35.9 Å². The molecular weight excluding hydrogens is 404 g/mol. The normalized spacial score (nSPS) is 14.2. The molecule has 1 aliphatic heterocycles. The zero-order valence-electron chi connectivity index (χ0n) is 16.5. The SMILES string of the molecule is CC(=O)N1CCN(C(=O)C=Cc2ccc(Sc3cccc(N)c3)c([N+](=O)[O-])c2)CC1. The summed E-state index contributed by atoms with van der Waals surface area (Å²) in [6.45, 7) is 3.48. The lowest BCUT2D eigenvalue weighted by Gasteiger charge is -2.33. The molecule has 9 heteroatoms. The number of piperazine rings is 1. The maximum atomic E-state index is 12.4. The van der Waals surface area contributed by atoms with Crippen LogP contribution in [0.3, 0.4) is 0 Å². The second kappa shape index (κ2) is 9.45. The lowest BCUT2D eigenvalue weighted by Crippen LogP contribution is -2.49. The highest BCUT2D eigenvalue weighted by Gasteiger charge is 2.21. The summed E-state index contributed by atoms with van der Waals surface area (Å²) < 4.78 is 0. The Hall–Kier alpha value is -3.33. The number of hydrogen-bond acceptors (Lipinski definition) is 6. The molecule has 3 rings (SSSR count). The summed E-state index contributed by atoms with van der Waals surface area (Å²) in [6.07, 6.45) is 2.98. The zero-order valence-corrected chi connectivity index (χ0v) is 17.3. The first-order valence-corrected chi connectivity index (χ1v) is 10.2. The second-order valence-corrected chi connectivity index (χ2v) is 7.94. The van der Waals surface area contributed by atoms with E-state index in [0.717, 1.165) is 4.90 Å². The average Bonchev–Trinajstić information content (AvgIpc) is 2.72. The zero-order chi connectivity index (χ0) is 21.7. The van der Waals surface area contributed by atoms with Gasteiger partial charge in [-0.25, -0.2) is 0 Å². The molecule has 0 radical (unpaired) electrons. The van der Waals surface area contributed by atoms with E-state index in [9.17, 15) is 19.7 Å². The highest BCUT2D eigenvalue weighted by Crippen LogP contribution is 2.36. The molecule has 2 amide bonds. The monoisotopic (exact) mass is 426 g/mol. The quantitative estimate of drug-likeness (QED) is 0.341. The molecule has 0 saturated carbocycles. The molecule has 1 saturated heterocycles. The molecule has 0 aliphatic carbocycles. The number of nitrogen functional groups attached to an aromatic ring is 1. The minimum absolute atomic E-state index is 0.00102. The van der Waals surface area contributed by atoms with E-state index in [1.165, 1.54) is 30.8 Å². The van der Waals surface area contributed by atoms with E-state index < -0.39 is 4.92 Å². The number of rotatable bonds is 5. The van der Waals surface area contributed by atoms with E-state index in [-0.39, 0.29) is 17.5 Å². The van der Waals surface area contributed by atoms with Gasteiger partial charge in [0.25, 0.3) is 5.69 Å². The number of nitrogens with two attached hydrogens (primary N) is 1. The first-order valence-electron chi connectivity index (χ1n) is 9.38. The van der Waals surface area contributed by atoms with Gasteiger partial charge in [0.05, 0.1) is 9.82 Å². The van der Waals surface area contributed by atoms with Crippen molar-refractivity contribution >= 4 is 41.0 Å². The van der Waals surface area contributed by atoms with Crippen LogP contribution < -0.4 is 5.73 Å². The minimum atomic E-state index is -0.436. The maximum Gasteiger partial charge on any atom is 0.283 e. The Kier molecular flexibility index (Phi) is 6.73. The third kappa shape index (κ3) is 5.38. The van der Waals surface area contributed by atoms with E-state index in [1.54, 1.807) is 46.2 Å². The van der Waals surface area contributed by atoms with E-state index in [1.807, 2.05) is 6.07 Å². The molecule has 0 spiro atoms. The highest BCUT2D eigenvalue weighted by atomic mass is 32.2. The van der Waals surface area contributed by atoms with Gasteiger partial charge >= 0.3 is 0 Å². The molecule has 1 heterocycles. The fourth-order valence-corrected chi connectivity index (χ4v) is 4.06. The van der Waals surface area contributed by atoms with Gasteiger partial charge in [-0.1, -0.05) is 23.9 Å². The summed E-state index contributed by atoms with van der Waals surface area (Å²) in [5, 5.41) is 11.5. The highest BCUT2D eigenvalue weighted by molar-refractivity contribution is 7.99. The Morgan fingerprint density at radius 2 is 1.80 bits per heavy atom. The van der Waals surface area contributed by atoms with Crippen molar-refractivity contribution in [3.63, 3.8) is 0 Å². The number of carbonyl (C=O) groups excluding carboxylic acids is 2. The number of anilines is 1. The summed E-state index contributed by atoms with van der Waals surface area (Å²) in [5.74, 6) is -0.180. The lowest BCUT2D eigenvalue weighted by atomic mass is 10.2. The van der Waals surface area contributed by atoms with Gasteiger partial charge in [-0.3, -0.25) is 19.7 Å². The van der Waals surface area contributed by atoms with Crippen molar-refractivity contribution in [1.82, 2.24) is 9.80 Å². The maximum absolute atomic E-state index is 12.4. The number of amides is 2. The minimum Gasteiger partial charge on any atom is -0.399 e. The summed E-state index contributed by atoms with van der Waals surface area (Å²) in [5.41, 5.74) is 6.89. The second-order valence-electron chi connectivity index (χ2n) is 6.82. The summed E-state index contributed by atoms with van der Waals surface area (Å²) in [6, 6.07) is 12.0. The first kappa shape index (κ1) is 21.4. The van der Waals surface area contributed by atoms with Gasteiger partial charge in [0, 0.05) is 55.8 Å². The Balaban J connectivity index is 1.70. The lowest BCUT2D eigenvalue weighted by molar-refractivity contribution is -0.387.